The lowest BCUT2D eigenvalue weighted by Crippen LogP contribution is -2.49. The van der Waals surface area contributed by atoms with Crippen LogP contribution in [0, 0.1) is 25.5 Å². The van der Waals surface area contributed by atoms with Gasteiger partial charge in [-0.1, -0.05) is 18.2 Å². The predicted molar refractivity (Wildman–Crippen MR) is 174 cm³/mol. The van der Waals surface area contributed by atoms with Crippen molar-refractivity contribution in [3.8, 4) is 11.1 Å². The molecule has 0 unspecified atom stereocenters. The highest BCUT2D eigenvalue weighted by Gasteiger charge is 2.29. The molecule has 2 atom stereocenters. The van der Waals surface area contributed by atoms with E-state index in [1.807, 2.05) is 13.0 Å². The summed E-state index contributed by atoms with van der Waals surface area (Å²) in [7, 11) is 0. The third kappa shape index (κ3) is 11.8. The molecular weight excluding hydrogens is 578 g/mol. The summed E-state index contributed by atoms with van der Waals surface area (Å²) in [5.41, 5.74) is 2.47. The zero-order chi connectivity index (χ0) is 33.7. The maximum absolute atomic E-state index is 15.9. The largest absolute Gasteiger partial charge is 0.466 e. The van der Waals surface area contributed by atoms with E-state index >= 15 is 4.39 Å². The zero-order valence-electron chi connectivity index (χ0n) is 27.7. The van der Waals surface area contributed by atoms with Gasteiger partial charge in [0.05, 0.1) is 19.1 Å². The summed E-state index contributed by atoms with van der Waals surface area (Å²) in [5, 5.41) is 5.37. The third-order valence-corrected chi connectivity index (χ3v) is 7.04. The summed E-state index contributed by atoms with van der Waals surface area (Å²) < 4.78 is 40.9. The molecule has 0 saturated heterocycles. The lowest BCUT2D eigenvalue weighted by Gasteiger charge is -2.26. The van der Waals surface area contributed by atoms with Gasteiger partial charge in [0, 0.05) is 5.56 Å². The van der Waals surface area contributed by atoms with Gasteiger partial charge in [0.1, 0.15) is 23.3 Å². The van der Waals surface area contributed by atoms with Crippen LogP contribution in [0.25, 0.3) is 11.1 Å². The first-order chi connectivity index (χ1) is 21.2. The standard InChI is InChI=1S/C36H48F2N2O5/c1-9-12-14-15-16-25-20-27(37)19-23(4)32(25)26-18-24(5)33(38)28(21-26)30(22-31(41)44-11-3)39-34(42)29(17-13-10-2)40-35(43)45-36(6,7)8/h9-10,12,18-21,29-30H,2,11,13-17,22H2,1,3-8H3,(H,39,42)(H,40,43)/t29-,30-/m0/s1. The van der Waals surface area contributed by atoms with Gasteiger partial charge >= 0.3 is 12.1 Å². The number of unbranched alkanes of at least 4 members (excludes halogenated alkanes) is 1. The molecule has 0 fully saturated rings. The quantitative estimate of drug-likeness (QED) is 0.118. The first-order valence-electron chi connectivity index (χ1n) is 15.5. The van der Waals surface area contributed by atoms with E-state index in [0.717, 1.165) is 24.0 Å². The number of amides is 2. The van der Waals surface area contributed by atoms with Crippen molar-refractivity contribution in [1.82, 2.24) is 10.6 Å². The van der Waals surface area contributed by atoms with E-state index in [2.05, 4.69) is 23.3 Å². The Bertz CT molecular complexity index is 1380. The molecule has 2 aromatic rings. The highest BCUT2D eigenvalue weighted by atomic mass is 19.1. The van der Waals surface area contributed by atoms with Crippen LogP contribution in [0.15, 0.2) is 49.1 Å². The maximum atomic E-state index is 15.9. The molecule has 2 amide bonds. The molecule has 0 radical (unpaired) electrons. The van der Waals surface area contributed by atoms with E-state index in [1.165, 1.54) is 12.1 Å². The Morgan fingerprint density at radius 3 is 2.36 bits per heavy atom. The number of hydrogen-bond donors (Lipinski definition) is 2. The van der Waals surface area contributed by atoms with Gasteiger partial charge < -0.3 is 20.1 Å². The van der Waals surface area contributed by atoms with Crippen LogP contribution in [-0.2, 0) is 25.5 Å². The maximum Gasteiger partial charge on any atom is 0.408 e. The van der Waals surface area contributed by atoms with Crippen molar-refractivity contribution in [3.05, 3.63) is 83.0 Å². The molecule has 0 heterocycles. The normalized spacial score (nSPS) is 12.8. The number of aryl methyl sites for hydroxylation is 3. The number of carbonyl (C=O) groups is 3. The van der Waals surface area contributed by atoms with Crippen LogP contribution < -0.4 is 10.6 Å². The van der Waals surface area contributed by atoms with Crippen LogP contribution in [0.3, 0.4) is 0 Å². The van der Waals surface area contributed by atoms with Crippen LogP contribution in [0.4, 0.5) is 13.6 Å². The van der Waals surface area contributed by atoms with Crippen molar-refractivity contribution >= 4 is 18.0 Å². The number of benzene rings is 2. The second-order valence-electron chi connectivity index (χ2n) is 12.0. The van der Waals surface area contributed by atoms with Gasteiger partial charge in [0.15, 0.2) is 0 Å². The molecule has 2 rings (SSSR count). The Morgan fingerprint density at radius 2 is 1.73 bits per heavy atom. The molecule has 0 spiro atoms. The van der Waals surface area contributed by atoms with Crippen LogP contribution in [0.2, 0.25) is 0 Å². The molecule has 0 aliphatic carbocycles. The summed E-state index contributed by atoms with van der Waals surface area (Å²) in [6.07, 6.45) is 7.33. The summed E-state index contributed by atoms with van der Waals surface area (Å²) >= 11 is 0. The van der Waals surface area contributed by atoms with E-state index in [4.69, 9.17) is 9.47 Å². The van der Waals surface area contributed by atoms with E-state index in [9.17, 15) is 18.8 Å². The topological polar surface area (TPSA) is 93.7 Å². The van der Waals surface area contributed by atoms with Gasteiger partial charge in [-0.25, -0.2) is 13.6 Å². The minimum Gasteiger partial charge on any atom is -0.466 e. The fourth-order valence-corrected chi connectivity index (χ4v) is 5.10. The van der Waals surface area contributed by atoms with Crippen LogP contribution in [0.1, 0.15) is 95.0 Å². The molecule has 2 aromatic carbocycles. The Balaban J connectivity index is 2.59. The Kier molecular flexibility index (Phi) is 14.4. The summed E-state index contributed by atoms with van der Waals surface area (Å²) in [6.45, 7) is 15.9. The molecule has 2 N–H and O–H groups in total. The number of ether oxygens (including phenoxy) is 2. The second kappa shape index (κ2) is 17.5. The molecule has 0 saturated carbocycles. The first-order valence-corrected chi connectivity index (χ1v) is 15.5. The molecule has 246 valence electrons. The number of carbonyl (C=O) groups excluding carboxylic acids is 3. The molecule has 45 heavy (non-hydrogen) atoms. The lowest BCUT2D eigenvalue weighted by molar-refractivity contribution is -0.143. The van der Waals surface area contributed by atoms with E-state index < -0.39 is 41.5 Å². The summed E-state index contributed by atoms with van der Waals surface area (Å²) in [6, 6.07) is 4.06. The predicted octanol–water partition coefficient (Wildman–Crippen LogP) is 8.12. The van der Waals surface area contributed by atoms with Gasteiger partial charge in [0.2, 0.25) is 5.91 Å². The highest BCUT2D eigenvalue weighted by Crippen LogP contribution is 2.35. The number of rotatable bonds is 15. The fraction of sp³-hybridized carbons (Fsp3) is 0.472. The van der Waals surface area contributed by atoms with Crippen molar-refractivity contribution in [1.29, 1.82) is 0 Å². The number of alkyl carbamates (subject to hydrolysis) is 1. The minimum absolute atomic E-state index is 0.0785. The highest BCUT2D eigenvalue weighted by molar-refractivity contribution is 5.86. The number of halogens is 2. The third-order valence-electron chi connectivity index (χ3n) is 7.04. The number of esters is 1. The van der Waals surface area contributed by atoms with Crippen molar-refractivity contribution < 1.29 is 32.6 Å². The minimum atomic E-state index is -1.12. The Hall–Kier alpha value is -4.01. The first kappa shape index (κ1) is 37.2. The summed E-state index contributed by atoms with van der Waals surface area (Å²) in [4.78, 5) is 38.9. The van der Waals surface area contributed by atoms with Gasteiger partial charge in [0.25, 0.3) is 0 Å². The Morgan fingerprint density at radius 1 is 1.02 bits per heavy atom. The van der Waals surface area contributed by atoms with Crippen LogP contribution in [-0.4, -0.2) is 36.2 Å². The monoisotopic (exact) mass is 626 g/mol. The molecule has 0 aliphatic heterocycles. The zero-order valence-corrected chi connectivity index (χ0v) is 27.7. The number of hydrogen-bond acceptors (Lipinski definition) is 5. The van der Waals surface area contributed by atoms with E-state index in [0.29, 0.717) is 29.5 Å². The lowest BCUT2D eigenvalue weighted by atomic mass is 9.88. The molecule has 0 bridgehead atoms. The Labute approximate surface area is 266 Å². The fourth-order valence-electron chi connectivity index (χ4n) is 5.10. The van der Waals surface area contributed by atoms with E-state index in [1.54, 1.807) is 59.8 Å². The second-order valence-corrected chi connectivity index (χ2v) is 12.0. The van der Waals surface area contributed by atoms with Gasteiger partial charge in [-0.2, -0.15) is 0 Å². The van der Waals surface area contributed by atoms with Crippen molar-refractivity contribution in [2.24, 2.45) is 0 Å². The number of nitrogens with one attached hydrogen (secondary N) is 2. The smallest absolute Gasteiger partial charge is 0.408 e. The molecule has 0 aliphatic rings. The van der Waals surface area contributed by atoms with Gasteiger partial charge in [-0.3, -0.25) is 9.59 Å². The van der Waals surface area contributed by atoms with Crippen molar-refractivity contribution in [3.63, 3.8) is 0 Å². The molecule has 7 nitrogen and oxygen atoms in total. The van der Waals surface area contributed by atoms with Gasteiger partial charge in [-0.05, 0) is 133 Å². The molecule has 0 aromatic heterocycles. The van der Waals surface area contributed by atoms with Crippen molar-refractivity contribution in [2.75, 3.05) is 6.61 Å². The summed E-state index contributed by atoms with van der Waals surface area (Å²) in [5.74, 6) is -2.20. The van der Waals surface area contributed by atoms with Crippen LogP contribution in [0.5, 0.6) is 0 Å². The SMILES string of the molecule is C=CCC[C@H](NC(=O)OC(C)(C)C)C(=O)N[C@@H](CC(=O)OCC)c1cc(-c2c(C)cc(F)cc2CCCC=CC)cc(C)c1F. The van der Waals surface area contributed by atoms with Crippen LogP contribution >= 0.6 is 0 Å². The van der Waals surface area contributed by atoms with E-state index in [-0.39, 0.29) is 30.8 Å². The number of allylic oxidation sites excluding steroid dienone is 3. The molecule has 9 heteroatoms. The average Bonchev–Trinajstić information content (AvgIpc) is 2.93. The van der Waals surface area contributed by atoms with Crippen molar-refractivity contribution in [2.45, 2.75) is 105 Å². The molecular formula is C36H48F2N2O5. The average molecular weight is 627 g/mol. The van der Waals surface area contributed by atoms with Gasteiger partial charge in [-0.15, -0.1) is 6.58 Å².